The van der Waals surface area contributed by atoms with Crippen LogP contribution in [0.25, 0.3) is 17.0 Å². The smallest absolute Gasteiger partial charge is 0.143 e. The number of nitrogens with zero attached hydrogens (tertiary/aromatic N) is 5. The lowest BCUT2D eigenvalue weighted by atomic mass is 10.1. The first-order chi connectivity index (χ1) is 16.0. The van der Waals surface area contributed by atoms with Crippen molar-refractivity contribution in [2.24, 2.45) is 4.99 Å². The molecule has 1 aromatic carbocycles. The van der Waals surface area contributed by atoms with Crippen molar-refractivity contribution in [3.63, 3.8) is 0 Å². The Morgan fingerprint density at radius 3 is 2.82 bits per heavy atom. The highest BCUT2D eigenvalue weighted by atomic mass is 15.6. The molecule has 0 atom stereocenters. The van der Waals surface area contributed by atoms with Crippen LogP contribution in [-0.4, -0.2) is 51.5 Å². The molecule has 3 N–H and O–H groups in total. The largest absolute Gasteiger partial charge is 0.378 e. The zero-order chi connectivity index (χ0) is 22.8. The predicted octanol–water partition coefficient (Wildman–Crippen LogP) is 3.54. The maximum atomic E-state index is 4.96. The molecule has 3 aromatic rings. The number of fused-ring (bicyclic) bond motifs is 1. The highest BCUT2D eigenvalue weighted by Gasteiger charge is 2.22. The summed E-state index contributed by atoms with van der Waals surface area (Å²) in [5, 5.41) is 5.44. The molecule has 0 radical (unpaired) electrons. The summed E-state index contributed by atoms with van der Waals surface area (Å²) >= 11 is 0. The average Bonchev–Trinajstić information content (AvgIpc) is 3.44. The number of benzene rings is 1. The Morgan fingerprint density at radius 1 is 1.09 bits per heavy atom. The van der Waals surface area contributed by atoms with Crippen LogP contribution in [0.15, 0.2) is 65.8 Å². The SMILES string of the molecule is Cc1cccc(-c2[nH]c(CNc3cccc(CN(C)C)c3)nc2C2=CN3NCN=C3C=C2)n1. The van der Waals surface area contributed by atoms with Crippen molar-refractivity contribution in [2.45, 2.75) is 20.0 Å². The molecule has 8 heteroatoms. The molecule has 0 fully saturated rings. The van der Waals surface area contributed by atoms with E-state index in [9.17, 15) is 0 Å². The van der Waals surface area contributed by atoms with Crippen LogP contribution in [0.2, 0.25) is 0 Å². The van der Waals surface area contributed by atoms with Gasteiger partial charge < -0.3 is 15.2 Å². The highest BCUT2D eigenvalue weighted by Crippen LogP contribution is 2.29. The van der Waals surface area contributed by atoms with Crippen molar-refractivity contribution in [3.05, 3.63) is 83.6 Å². The molecular formula is C25H28N8. The van der Waals surface area contributed by atoms with E-state index in [4.69, 9.17) is 9.97 Å². The number of anilines is 1. The Balaban J connectivity index is 1.44. The number of hydrogen-bond acceptors (Lipinski definition) is 7. The van der Waals surface area contributed by atoms with Gasteiger partial charge in [0.2, 0.25) is 0 Å². The van der Waals surface area contributed by atoms with Crippen LogP contribution >= 0.6 is 0 Å². The molecule has 33 heavy (non-hydrogen) atoms. The molecule has 0 aliphatic carbocycles. The van der Waals surface area contributed by atoms with E-state index in [2.05, 4.69) is 70.1 Å². The van der Waals surface area contributed by atoms with Gasteiger partial charge in [-0.05, 0) is 63.0 Å². The molecule has 8 nitrogen and oxygen atoms in total. The topological polar surface area (TPSA) is 84.5 Å². The van der Waals surface area contributed by atoms with E-state index in [1.165, 1.54) is 5.56 Å². The highest BCUT2D eigenvalue weighted by molar-refractivity contribution is 6.00. The third-order valence-corrected chi connectivity index (χ3v) is 5.47. The molecule has 2 aliphatic rings. The number of nitrogens with one attached hydrogen (secondary N) is 3. The normalized spacial score (nSPS) is 15.0. The quantitative estimate of drug-likeness (QED) is 0.521. The lowest BCUT2D eigenvalue weighted by Gasteiger charge is -2.18. The van der Waals surface area contributed by atoms with Gasteiger partial charge in [0.1, 0.15) is 18.3 Å². The zero-order valence-corrected chi connectivity index (χ0v) is 19.1. The van der Waals surface area contributed by atoms with E-state index in [0.29, 0.717) is 13.2 Å². The third-order valence-electron chi connectivity index (χ3n) is 5.47. The minimum absolute atomic E-state index is 0.579. The number of amidine groups is 1. The number of imidazole rings is 1. The number of allylic oxidation sites excluding steroid dienone is 2. The molecule has 2 aromatic heterocycles. The number of hydrazine groups is 1. The molecule has 0 saturated carbocycles. The summed E-state index contributed by atoms with van der Waals surface area (Å²) in [7, 11) is 4.15. The minimum atomic E-state index is 0.579. The van der Waals surface area contributed by atoms with E-state index in [-0.39, 0.29) is 0 Å². The second kappa shape index (κ2) is 9.01. The van der Waals surface area contributed by atoms with Crippen molar-refractivity contribution < 1.29 is 0 Å². The van der Waals surface area contributed by atoms with E-state index < -0.39 is 0 Å². The van der Waals surface area contributed by atoms with Gasteiger partial charge in [0, 0.05) is 29.7 Å². The van der Waals surface area contributed by atoms with Crippen LogP contribution in [-0.2, 0) is 13.1 Å². The van der Waals surface area contributed by atoms with Crippen molar-refractivity contribution in [2.75, 3.05) is 26.1 Å². The Hall–Kier alpha value is -3.75. The van der Waals surface area contributed by atoms with Crippen LogP contribution in [0.4, 0.5) is 5.69 Å². The lowest BCUT2D eigenvalue weighted by molar-refractivity contribution is 0.402. The molecule has 5 rings (SSSR count). The number of aryl methyl sites for hydroxylation is 1. The number of rotatable bonds is 7. The first-order valence-corrected chi connectivity index (χ1v) is 11.0. The Kier molecular flexibility index (Phi) is 5.77. The molecule has 0 saturated heterocycles. The summed E-state index contributed by atoms with van der Waals surface area (Å²) in [4.78, 5) is 19.8. The fraction of sp³-hybridized carbons (Fsp3) is 0.240. The van der Waals surface area contributed by atoms with E-state index in [1.54, 1.807) is 0 Å². The molecule has 2 aliphatic heterocycles. The van der Waals surface area contributed by atoms with Gasteiger partial charge in [-0.15, -0.1) is 0 Å². The van der Waals surface area contributed by atoms with Gasteiger partial charge in [0.15, 0.2) is 0 Å². The maximum absolute atomic E-state index is 4.96. The summed E-state index contributed by atoms with van der Waals surface area (Å²) in [5.41, 5.74) is 10.2. The molecule has 168 valence electrons. The molecule has 0 amide bonds. The Labute approximate surface area is 193 Å². The Morgan fingerprint density at radius 2 is 1.97 bits per heavy atom. The van der Waals surface area contributed by atoms with Crippen LogP contribution in [0.1, 0.15) is 22.8 Å². The average molecular weight is 441 g/mol. The monoisotopic (exact) mass is 440 g/mol. The van der Waals surface area contributed by atoms with Crippen molar-refractivity contribution in [1.82, 2.24) is 30.3 Å². The summed E-state index contributed by atoms with van der Waals surface area (Å²) < 4.78 is 0. The number of aromatic amines is 1. The number of aliphatic imine (C=N–C) groups is 1. The van der Waals surface area contributed by atoms with Crippen molar-refractivity contribution in [1.29, 1.82) is 0 Å². The van der Waals surface area contributed by atoms with Gasteiger partial charge >= 0.3 is 0 Å². The lowest BCUT2D eigenvalue weighted by Crippen LogP contribution is -2.32. The third kappa shape index (κ3) is 4.72. The van der Waals surface area contributed by atoms with Gasteiger partial charge in [-0.1, -0.05) is 18.2 Å². The standard InChI is InChI=1S/C25H28N8/c1-17-6-4-9-21(29-17)25-24(19-10-11-23-27-16-28-33(23)15-19)30-22(31-25)13-26-20-8-5-7-18(12-20)14-32(2)3/h4-12,15,26,28H,13-14,16H2,1-3H3,(H,30,31). The van der Waals surface area contributed by atoms with Crippen LogP contribution in [0.3, 0.4) is 0 Å². The van der Waals surface area contributed by atoms with Crippen molar-refractivity contribution >= 4 is 17.1 Å². The molecule has 0 spiro atoms. The van der Waals surface area contributed by atoms with E-state index in [1.807, 2.05) is 42.4 Å². The fourth-order valence-electron chi connectivity index (χ4n) is 3.99. The van der Waals surface area contributed by atoms with Crippen molar-refractivity contribution in [3.8, 4) is 11.4 Å². The summed E-state index contributed by atoms with van der Waals surface area (Å²) in [6, 6.07) is 14.5. The second-order valence-corrected chi connectivity index (χ2v) is 8.48. The second-order valence-electron chi connectivity index (χ2n) is 8.48. The van der Waals surface area contributed by atoms with E-state index in [0.717, 1.165) is 52.2 Å². The number of pyridine rings is 1. The van der Waals surface area contributed by atoms with Crippen LogP contribution < -0.4 is 10.7 Å². The summed E-state index contributed by atoms with van der Waals surface area (Å²) in [5.74, 6) is 1.76. The molecule has 4 heterocycles. The van der Waals surface area contributed by atoms with Gasteiger partial charge in [0.25, 0.3) is 0 Å². The first-order valence-electron chi connectivity index (χ1n) is 11.0. The minimum Gasteiger partial charge on any atom is -0.378 e. The van der Waals surface area contributed by atoms with Gasteiger partial charge in [0.05, 0.1) is 23.6 Å². The van der Waals surface area contributed by atoms with Crippen LogP contribution in [0.5, 0.6) is 0 Å². The number of hydrogen-bond donors (Lipinski definition) is 3. The number of H-pyrrole nitrogens is 1. The first kappa shape index (κ1) is 21.1. The van der Waals surface area contributed by atoms with Gasteiger partial charge in [-0.3, -0.25) is 9.99 Å². The molecular weight excluding hydrogens is 412 g/mol. The molecule has 0 bridgehead atoms. The van der Waals surface area contributed by atoms with E-state index >= 15 is 0 Å². The fourth-order valence-corrected chi connectivity index (χ4v) is 3.99. The predicted molar refractivity (Wildman–Crippen MR) is 132 cm³/mol. The van der Waals surface area contributed by atoms with Crippen LogP contribution in [0, 0.1) is 6.92 Å². The van der Waals surface area contributed by atoms with Gasteiger partial charge in [-0.2, -0.15) is 0 Å². The zero-order valence-electron chi connectivity index (χ0n) is 19.1. The Bertz CT molecular complexity index is 1250. The summed E-state index contributed by atoms with van der Waals surface area (Å²) in [6.07, 6.45) is 6.09. The summed E-state index contributed by atoms with van der Waals surface area (Å²) in [6.45, 7) is 4.06. The number of aromatic nitrogens is 3. The molecule has 0 unspecified atom stereocenters. The van der Waals surface area contributed by atoms with Gasteiger partial charge in [-0.25, -0.2) is 15.4 Å². The maximum Gasteiger partial charge on any atom is 0.143 e.